The van der Waals surface area contributed by atoms with Gasteiger partial charge in [0.15, 0.2) is 0 Å². The minimum absolute atomic E-state index is 0.0899. The Kier molecular flexibility index (Phi) is 5.63. The zero-order valence-corrected chi connectivity index (χ0v) is 14.6. The van der Waals surface area contributed by atoms with E-state index in [2.05, 4.69) is 4.72 Å². The summed E-state index contributed by atoms with van der Waals surface area (Å²) in [5.74, 6) is 0.936. The van der Waals surface area contributed by atoms with Gasteiger partial charge in [-0.15, -0.1) is 0 Å². The molecule has 0 unspecified atom stereocenters. The summed E-state index contributed by atoms with van der Waals surface area (Å²) in [4.78, 5) is 12.1. The molecule has 0 spiro atoms. The molecule has 0 atom stereocenters. The fourth-order valence-electron chi connectivity index (χ4n) is 2.25. The smallest absolute Gasteiger partial charge is 0.254 e. The summed E-state index contributed by atoms with van der Waals surface area (Å²) in [6.45, 7) is 2.07. The van der Waals surface area contributed by atoms with Gasteiger partial charge in [-0.25, -0.2) is 13.1 Å². The van der Waals surface area contributed by atoms with Crippen LogP contribution in [0.4, 0.5) is 0 Å². The van der Waals surface area contributed by atoms with Gasteiger partial charge >= 0.3 is 0 Å². The van der Waals surface area contributed by atoms with Crippen molar-refractivity contribution in [2.75, 3.05) is 20.8 Å². The van der Waals surface area contributed by atoms with Crippen molar-refractivity contribution in [2.24, 2.45) is 0 Å². The normalized spacial score (nSPS) is 11.3. The summed E-state index contributed by atoms with van der Waals surface area (Å²) in [5, 5.41) is 0. The molecule has 7 nitrogen and oxygen atoms in total. The molecule has 0 aliphatic carbocycles. The number of rotatable bonds is 7. The molecule has 0 aliphatic rings. The van der Waals surface area contributed by atoms with E-state index < -0.39 is 10.0 Å². The number of aromatic nitrogens is 1. The Morgan fingerprint density at radius 3 is 2.42 bits per heavy atom. The van der Waals surface area contributed by atoms with Crippen LogP contribution in [0.2, 0.25) is 0 Å². The lowest BCUT2D eigenvalue weighted by molar-refractivity contribution is 0.411. The summed E-state index contributed by atoms with van der Waals surface area (Å²) >= 11 is 0. The van der Waals surface area contributed by atoms with E-state index in [-0.39, 0.29) is 23.5 Å². The van der Waals surface area contributed by atoms with Crippen LogP contribution in [0.25, 0.3) is 0 Å². The van der Waals surface area contributed by atoms with E-state index in [4.69, 9.17) is 9.47 Å². The van der Waals surface area contributed by atoms with Crippen molar-refractivity contribution in [3.63, 3.8) is 0 Å². The fraction of sp³-hybridized carbons (Fsp3) is 0.312. The van der Waals surface area contributed by atoms with Crippen LogP contribution < -0.4 is 19.8 Å². The predicted octanol–water partition coefficient (Wildman–Crippen LogP) is 1.15. The van der Waals surface area contributed by atoms with Gasteiger partial charge in [-0.1, -0.05) is 6.07 Å². The number of hydrogen-bond donors (Lipinski definition) is 1. The van der Waals surface area contributed by atoms with Gasteiger partial charge in [0.25, 0.3) is 5.56 Å². The lowest BCUT2D eigenvalue weighted by atomic mass is 10.3. The van der Waals surface area contributed by atoms with Gasteiger partial charge in [0.1, 0.15) is 11.5 Å². The Morgan fingerprint density at radius 2 is 1.79 bits per heavy atom. The first-order chi connectivity index (χ1) is 11.4. The number of sulfonamides is 1. The first-order valence-corrected chi connectivity index (χ1v) is 8.75. The Bertz CT molecular complexity index is 874. The quantitative estimate of drug-likeness (QED) is 0.808. The largest absolute Gasteiger partial charge is 0.497 e. The van der Waals surface area contributed by atoms with Gasteiger partial charge in [0.05, 0.1) is 19.1 Å². The zero-order valence-electron chi connectivity index (χ0n) is 13.8. The monoisotopic (exact) mass is 352 g/mol. The van der Waals surface area contributed by atoms with E-state index in [1.165, 1.54) is 37.0 Å². The SMILES string of the molecule is COc1cccc(S(=O)(=O)NCCn2c(C)cc(OC)cc2=O)c1. The van der Waals surface area contributed by atoms with Gasteiger partial charge in [0.2, 0.25) is 10.0 Å². The van der Waals surface area contributed by atoms with E-state index in [9.17, 15) is 13.2 Å². The molecule has 0 amide bonds. The Balaban J connectivity index is 2.10. The second kappa shape index (κ2) is 7.50. The third-order valence-corrected chi connectivity index (χ3v) is 4.98. The van der Waals surface area contributed by atoms with Crippen LogP contribution in [0.15, 0.2) is 46.1 Å². The Labute approximate surface area is 140 Å². The van der Waals surface area contributed by atoms with Crippen molar-refractivity contribution in [1.29, 1.82) is 0 Å². The molecule has 2 aromatic rings. The van der Waals surface area contributed by atoms with E-state index >= 15 is 0 Å². The molecular weight excluding hydrogens is 332 g/mol. The van der Waals surface area contributed by atoms with Crippen LogP contribution >= 0.6 is 0 Å². The molecule has 0 saturated carbocycles. The number of ether oxygens (including phenoxy) is 2. The summed E-state index contributed by atoms with van der Waals surface area (Å²) in [7, 11) is -0.714. The average molecular weight is 352 g/mol. The number of nitrogens with zero attached hydrogens (tertiary/aromatic N) is 1. The molecular formula is C16H20N2O5S. The molecule has 2 rings (SSSR count). The number of pyridine rings is 1. The van der Waals surface area contributed by atoms with Crippen molar-refractivity contribution in [3.05, 3.63) is 52.4 Å². The molecule has 130 valence electrons. The van der Waals surface area contributed by atoms with Crippen LogP contribution in [0.1, 0.15) is 5.69 Å². The van der Waals surface area contributed by atoms with Crippen LogP contribution in [-0.4, -0.2) is 33.7 Å². The number of hydrogen-bond acceptors (Lipinski definition) is 5. The third-order valence-electron chi connectivity index (χ3n) is 3.52. The number of benzene rings is 1. The highest BCUT2D eigenvalue weighted by atomic mass is 32.2. The van der Waals surface area contributed by atoms with Gasteiger partial charge in [-0.3, -0.25) is 4.79 Å². The predicted molar refractivity (Wildman–Crippen MR) is 90.2 cm³/mol. The number of aryl methyl sites for hydroxylation is 1. The molecule has 1 aromatic heterocycles. The van der Waals surface area contributed by atoms with Crippen molar-refractivity contribution < 1.29 is 17.9 Å². The lowest BCUT2D eigenvalue weighted by Crippen LogP contribution is -2.31. The molecule has 24 heavy (non-hydrogen) atoms. The van der Waals surface area contributed by atoms with Crippen LogP contribution in [0, 0.1) is 6.92 Å². The molecule has 1 aromatic carbocycles. The molecule has 8 heteroatoms. The highest BCUT2D eigenvalue weighted by Crippen LogP contribution is 2.16. The second-order valence-electron chi connectivity index (χ2n) is 5.10. The summed E-state index contributed by atoms with van der Waals surface area (Å²) in [6, 6.07) is 9.27. The standard InChI is InChI=1S/C16H20N2O5S/c1-12-9-14(23-3)11-16(19)18(12)8-7-17-24(20,21)15-6-4-5-13(10-15)22-2/h4-6,9-11,17H,7-8H2,1-3H3. The molecule has 0 fully saturated rings. The van der Waals surface area contributed by atoms with Crippen molar-refractivity contribution in [1.82, 2.24) is 9.29 Å². The second-order valence-corrected chi connectivity index (χ2v) is 6.87. The topological polar surface area (TPSA) is 86.6 Å². The van der Waals surface area contributed by atoms with Crippen molar-refractivity contribution >= 4 is 10.0 Å². The maximum absolute atomic E-state index is 12.3. The maximum Gasteiger partial charge on any atom is 0.254 e. The van der Waals surface area contributed by atoms with Gasteiger partial charge in [-0.05, 0) is 25.1 Å². The van der Waals surface area contributed by atoms with E-state index in [0.29, 0.717) is 17.2 Å². The van der Waals surface area contributed by atoms with Crippen LogP contribution in [0.5, 0.6) is 11.5 Å². The highest BCUT2D eigenvalue weighted by molar-refractivity contribution is 7.89. The minimum atomic E-state index is -3.67. The molecule has 0 bridgehead atoms. The summed E-state index contributed by atoms with van der Waals surface area (Å²) < 4.78 is 38.6. The number of methoxy groups -OCH3 is 2. The summed E-state index contributed by atoms with van der Waals surface area (Å²) in [6.07, 6.45) is 0. The lowest BCUT2D eigenvalue weighted by Gasteiger charge is -2.12. The molecule has 0 aliphatic heterocycles. The van der Waals surface area contributed by atoms with Crippen molar-refractivity contribution in [2.45, 2.75) is 18.4 Å². The third kappa shape index (κ3) is 4.15. The van der Waals surface area contributed by atoms with Crippen LogP contribution in [-0.2, 0) is 16.6 Å². The summed E-state index contributed by atoms with van der Waals surface area (Å²) in [5.41, 5.74) is 0.451. The number of nitrogens with one attached hydrogen (secondary N) is 1. The maximum atomic E-state index is 12.3. The fourth-order valence-corrected chi connectivity index (χ4v) is 3.30. The van der Waals surface area contributed by atoms with Gasteiger partial charge < -0.3 is 14.0 Å². The van der Waals surface area contributed by atoms with E-state index in [1.54, 1.807) is 25.1 Å². The first-order valence-electron chi connectivity index (χ1n) is 7.26. The van der Waals surface area contributed by atoms with Gasteiger partial charge in [-0.2, -0.15) is 0 Å². The van der Waals surface area contributed by atoms with Crippen LogP contribution in [0.3, 0.4) is 0 Å². The molecule has 0 radical (unpaired) electrons. The zero-order chi connectivity index (χ0) is 17.7. The molecule has 0 saturated heterocycles. The molecule has 1 N–H and O–H groups in total. The first kappa shape index (κ1) is 18.0. The van der Waals surface area contributed by atoms with Gasteiger partial charge in [0, 0.05) is 30.9 Å². The minimum Gasteiger partial charge on any atom is -0.497 e. The highest BCUT2D eigenvalue weighted by Gasteiger charge is 2.14. The van der Waals surface area contributed by atoms with E-state index in [1.807, 2.05) is 0 Å². The average Bonchev–Trinajstić information content (AvgIpc) is 2.57. The van der Waals surface area contributed by atoms with Crippen molar-refractivity contribution in [3.8, 4) is 11.5 Å². The Morgan fingerprint density at radius 1 is 1.08 bits per heavy atom. The van der Waals surface area contributed by atoms with E-state index in [0.717, 1.165) is 0 Å². The Hall–Kier alpha value is -2.32. The molecule has 1 heterocycles.